The van der Waals surface area contributed by atoms with Crippen LogP contribution in [0.1, 0.15) is 31.4 Å². The molecule has 6 heteroatoms. The highest BCUT2D eigenvalue weighted by Gasteiger charge is 2.06. The number of carbonyl (C=O) groups excluding carboxylic acids is 1. The van der Waals surface area contributed by atoms with Crippen molar-refractivity contribution < 1.29 is 10.0 Å². The van der Waals surface area contributed by atoms with Gasteiger partial charge in [0.2, 0.25) is 0 Å². The minimum atomic E-state index is -0.537. The fourth-order valence-corrected chi connectivity index (χ4v) is 4.13. The number of hydrogen-bond acceptors (Lipinski definition) is 5. The average molecular weight is 428 g/mol. The molecular weight excluding hydrogens is 394 g/mol. The molecule has 2 aromatic carbocycles. The Morgan fingerprint density at radius 2 is 1.90 bits per heavy atom. The molecule has 0 spiro atoms. The van der Waals surface area contributed by atoms with Crippen molar-refractivity contribution in [1.29, 1.82) is 0 Å². The van der Waals surface area contributed by atoms with Crippen LogP contribution in [0.15, 0.2) is 59.5 Å². The van der Waals surface area contributed by atoms with Gasteiger partial charge in [-0.1, -0.05) is 50.2 Å². The van der Waals surface area contributed by atoms with Crippen molar-refractivity contribution in [2.24, 2.45) is 0 Å². The molecule has 0 aliphatic carbocycles. The lowest BCUT2D eigenvalue weighted by Crippen LogP contribution is -2.25. The Kier molecular flexibility index (Phi) is 11.1. The first-order valence-electron chi connectivity index (χ1n) is 10.5. The van der Waals surface area contributed by atoms with Crippen molar-refractivity contribution in [1.82, 2.24) is 10.4 Å². The fourth-order valence-electron chi connectivity index (χ4n) is 3.11. The quantitative estimate of drug-likeness (QED) is 0.142. The number of rotatable bonds is 13. The van der Waals surface area contributed by atoms with Gasteiger partial charge in [-0.2, -0.15) is 0 Å². The third-order valence-electron chi connectivity index (χ3n) is 4.90. The van der Waals surface area contributed by atoms with Crippen molar-refractivity contribution >= 4 is 29.4 Å². The Morgan fingerprint density at radius 1 is 1.13 bits per heavy atom. The summed E-state index contributed by atoms with van der Waals surface area (Å²) in [5.41, 5.74) is 4.96. The molecule has 0 aliphatic heterocycles. The number of benzene rings is 2. The highest BCUT2D eigenvalue weighted by Crippen LogP contribution is 2.29. The molecule has 0 bridgehead atoms. The molecule has 2 rings (SSSR count). The maximum absolute atomic E-state index is 11.3. The second-order valence-electron chi connectivity index (χ2n) is 6.96. The van der Waals surface area contributed by atoms with Gasteiger partial charge in [-0.05, 0) is 55.3 Å². The van der Waals surface area contributed by atoms with E-state index >= 15 is 0 Å². The smallest absolute Gasteiger partial charge is 0.267 e. The maximum atomic E-state index is 11.3. The summed E-state index contributed by atoms with van der Waals surface area (Å²) in [6.45, 7) is 8.46. The molecule has 0 saturated heterocycles. The van der Waals surface area contributed by atoms with Crippen molar-refractivity contribution in [3.8, 4) is 0 Å². The van der Waals surface area contributed by atoms with Gasteiger partial charge in [0.25, 0.3) is 5.91 Å². The highest BCUT2D eigenvalue weighted by molar-refractivity contribution is 7.99. The van der Waals surface area contributed by atoms with E-state index in [2.05, 4.69) is 60.5 Å². The van der Waals surface area contributed by atoms with E-state index in [9.17, 15) is 4.79 Å². The van der Waals surface area contributed by atoms with Gasteiger partial charge in [0, 0.05) is 35.5 Å². The largest absolute Gasteiger partial charge is 0.384 e. The number of aryl methyl sites for hydroxylation is 1. The maximum Gasteiger partial charge on any atom is 0.267 e. The first kappa shape index (κ1) is 24.0. The van der Waals surface area contributed by atoms with Gasteiger partial charge in [0.05, 0.1) is 0 Å². The van der Waals surface area contributed by atoms with Gasteiger partial charge >= 0.3 is 0 Å². The summed E-state index contributed by atoms with van der Waals surface area (Å²) >= 11 is 1.85. The average Bonchev–Trinajstić information content (AvgIpc) is 2.79. The predicted octanol–water partition coefficient (Wildman–Crippen LogP) is 4.68. The number of hydroxylamine groups is 1. The van der Waals surface area contributed by atoms with Crippen LogP contribution in [0.25, 0.3) is 6.08 Å². The van der Waals surface area contributed by atoms with Gasteiger partial charge in [0.15, 0.2) is 0 Å². The molecule has 2 aromatic rings. The Bertz CT molecular complexity index is 792. The van der Waals surface area contributed by atoms with Crippen LogP contribution < -0.4 is 10.8 Å². The number of amides is 1. The summed E-state index contributed by atoms with van der Waals surface area (Å²) in [6.07, 6.45) is 5.10. The molecule has 0 unspecified atom stereocenters. The zero-order valence-electron chi connectivity index (χ0n) is 17.9. The van der Waals surface area contributed by atoms with Crippen molar-refractivity contribution in [2.45, 2.75) is 31.6 Å². The monoisotopic (exact) mass is 427 g/mol. The zero-order valence-corrected chi connectivity index (χ0v) is 18.8. The molecule has 0 saturated carbocycles. The van der Waals surface area contributed by atoms with Gasteiger partial charge in [-0.15, -0.1) is 11.8 Å². The lowest BCUT2D eigenvalue weighted by atomic mass is 10.1. The van der Waals surface area contributed by atoms with E-state index in [1.807, 2.05) is 23.9 Å². The molecule has 3 N–H and O–H groups in total. The van der Waals surface area contributed by atoms with Crippen LogP contribution >= 0.6 is 11.8 Å². The van der Waals surface area contributed by atoms with E-state index in [0.29, 0.717) is 0 Å². The molecule has 0 aliphatic rings. The standard InChI is InChI=1S/C24H33N3O2S/c1-3-27(4-2)17-18-30-23-14-12-21(13-15-24(28)26-29)19-22(23)25-16-8-11-20-9-6-5-7-10-20/h5-7,9-10,12-15,19,25,29H,3-4,8,11,16-18H2,1-2H3,(H,26,28)/b15-13+. The predicted molar refractivity (Wildman–Crippen MR) is 127 cm³/mol. The third-order valence-corrected chi connectivity index (χ3v) is 5.95. The first-order chi connectivity index (χ1) is 14.7. The topological polar surface area (TPSA) is 64.6 Å². The highest BCUT2D eigenvalue weighted by atomic mass is 32.2. The third kappa shape index (κ3) is 8.61. The van der Waals surface area contributed by atoms with Gasteiger partial charge in [0.1, 0.15) is 0 Å². The number of anilines is 1. The van der Waals surface area contributed by atoms with Crippen LogP contribution in [-0.4, -0.2) is 47.9 Å². The van der Waals surface area contributed by atoms with Crippen LogP contribution in [-0.2, 0) is 11.2 Å². The summed E-state index contributed by atoms with van der Waals surface area (Å²) < 4.78 is 0. The van der Waals surface area contributed by atoms with E-state index in [1.54, 1.807) is 11.6 Å². The fraction of sp³-hybridized carbons (Fsp3) is 0.375. The summed E-state index contributed by atoms with van der Waals surface area (Å²) in [5.74, 6) is 0.493. The number of thioether (sulfide) groups is 1. The molecule has 162 valence electrons. The van der Waals surface area contributed by atoms with Crippen LogP contribution in [0, 0.1) is 0 Å². The van der Waals surface area contributed by atoms with Crippen LogP contribution in [0.2, 0.25) is 0 Å². The van der Waals surface area contributed by atoms with E-state index < -0.39 is 5.91 Å². The molecule has 0 fully saturated rings. The van der Waals surface area contributed by atoms with Gasteiger partial charge < -0.3 is 10.2 Å². The first-order valence-corrected chi connectivity index (χ1v) is 11.5. The molecule has 0 atom stereocenters. The Hall–Kier alpha value is -2.28. The molecule has 30 heavy (non-hydrogen) atoms. The Labute approximate surface area is 184 Å². The molecular formula is C24H33N3O2S. The van der Waals surface area contributed by atoms with E-state index in [-0.39, 0.29) is 0 Å². The Balaban J connectivity index is 2.00. The van der Waals surface area contributed by atoms with Crippen LogP contribution in [0.5, 0.6) is 0 Å². The summed E-state index contributed by atoms with van der Waals surface area (Å²) in [5, 5.41) is 12.2. The lowest BCUT2D eigenvalue weighted by molar-refractivity contribution is -0.124. The van der Waals surface area contributed by atoms with Crippen LogP contribution in [0.4, 0.5) is 5.69 Å². The zero-order chi connectivity index (χ0) is 21.6. The summed E-state index contributed by atoms with van der Waals surface area (Å²) in [4.78, 5) is 14.9. The minimum absolute atomic E-state index is 0.537. The van der Waals surface area contributed by atoms with E-state index in [1.165, 1.54) is 16.5 Å². The number of nitrogens with zero attached hydrogens (tertiary/aromatic N) is 1. The molecule has 0 heterocycles. The second-order valence-corrected chi connectivity index (χ2v) is 8.09. The van der Waals surface area contributed by atoms with E-state index in [4.69, 9.17) is 5.21 Å². The van der Waals surface area contributed by atoms with Gasteiger partial charge in [-0.3, -0.25) is 10.0 Å². The lowest BCUT2D eigenvalue weighted by Gasteiger charge is -2.18. The van der Waals surface area contributed by atoms with E-state index in [0.717, 1.165) is 56.0 Å². The summed E-state index contributed by atoms with van der Waals surface area (Å²) in [7, 11) is 0. The number of hydrogen-bond donors (Lipinski definition) is 3. The number of carbonyl (C=O) groups is 1. The molecule has 1 amide bonds. The normalized spacial score (nSPS) is 11.2. The second kappa shape index (κ2) is 13.9. The Morgan fingerprint density at radius 3 is 2.60 bits per heavy atom. The SMILES string of the molecule is CCN(CC)CCSc1ccc(/C=C/C(=O)NO)cc1NCCCc1ccccc1. The van der Waals surface area contributed by atoms with Crippen LogP contribution in [0.3, 0.4) is 0 Å². The minimum Gasteiger partial charge on any atom is -0.384 e. The molecule has 0 radical (unpaired) electrons. The summed E-state index contributed by atoms with van der Waals surface area (Å²) in [6, 6.07) is 16.7. The molecule has 5 nitrogen and oxygen atoms in total. The van der Waals surface area contributed by atoms with Gasteiger partial charge in [-0.25, -0.2) is 5.48 Å². The van der Waals surface area contributed by atoms with Crippen molar-refractivity contribution in [3.63, 3.8) is 0 Å². The molecule has 0 aromatic heterocycles. The number of nitrogens with one attached hydrogen (secondary N) is 2. The van der Waals surface area contributed by atoms with Crippen molar-refractivity contribution in [2.75, 3.05) is 37.2 Å². The van der Waals surface area contributed by atoms with Crippen molar-refractivity contribution in [3.05, 3.63) is 65.7 Å².